The van der Waals surface area contributed by atoms with Gasteiger partial charge in [-0.05, 0) is 37.0 Å². The van der Waals surface area contributed by atoms with Crippen molar-refractivity contribution >= 4 is 5.69 Å². The van der Waals surface area contributed by atoms with Gasteiger partial charge in [-0.1, -0.05) is 32.6 Å². The lowest BCUT2D eigenvalue weighted by molar-refractivity contribution is 0.323. The molecule has 1 aliphatic rings. The van der Waals surface area contributed by atoms with Crippen molar-refractivity contribution in [3.63, 3.8) is 0 Å². The van der Waals surface area contributed by atoms with Crippen LogP contribution in [0.2, 0.25) is 0 Å². The van der Waals surface area contributed by atoms with Crippen molar-refractivity contribution in [1.82, 2.24) is 4.90 Å². The van der Waals surface area contributed by atoms with Crippen LogP contribution >= 0.6 is 0 Å². The molecule has 0 spiro atoms. The fourth-order valence-corrected chi connectivity index (χ4v) is 2.66. The van der Waals surface area contributed by atoms with E-state index in [4.69, 9.17) is 0 Å². The Labute approximate surface area is 117 Å². The third-order valence-electron chi connectivity index (χ3n) is 3.76. The summed E-state index contributed by atoms with van der Waals surface area (Å²) in [6.07, 6.45) is 1.17. The first-order chi connectivity index (χ1) is 9.06. The van der Waals surface area contributed by atoms with Crippen LogP contribution in [0, 0.1) is 5.92 Å². The maximum absolute atomic E-state index is 4.02. The Balaban J connectivity index is 1.94. The van der Waals surface area contributed by atoms with E-state index in [9.17, 15) is 0 Å². The van der Waals surface area contributed by atoms with Crippen LogP contribution in [0.3, 0.4) is 0 Å². The number of rotatable bonds is 4. The van der Waals surface area contributed by atoms with Crippen molar-refractivity contribution in [1.29, 1.82) is 0 Å². The standard InChI is InChI=1S/C17H26N2/c1-14(2)13-16-5-7-17(8-6-16)19-11-9-18(10-12-19)15(3)4/h5-8,14H,3,9-13H2,1-2,4H3. The van der Waals surface area contributed by atoms with Gasteiger partial charge in [0.05, 0.1) is 0 Å². The highest BCUT2D eigenvalue weighted by Gasteiger charge is 2.16. The van der Waals surface area contributed by atoms with Gasteiger partial charge in [0.25, 0.3) is 0 Å². The van der Waals surface area contributed by atoms with Crippen LogP contribution in [0.25, 0.3) is 0 Å². The van der Waals surface area contributed by atoms with Gasteiger partial charge in [0.1, 0.15) is 0 Å². The third-order valence-corrected chi connectivity index (χ3v) is 3.76. The molecule has 2 rings (SSSR count). The highest BCUT2D eigenvalue weighted by Crippen LogP contribution is 2.19. The quantitative estimate of drug-likeness (QED) is 0.815. The monoisotopic (exact) mass is 258 g/mol. The van der Waals surface area contributed by atoms with Crippen molar-refractivity contribution in [3.05, 3.63) is 42.1 Å². The van der Waals surface area contributed by atoms with Gasteiger partial charge in [0, 0.05) is 37.6 Å². The fraction of sp³-hybridized carbons (Fsp3) is 0.529. The molecule has 1 fully saturated rings. The van der Waals surface area contributed by atoms with E-state index >= 15 is 0 Å². The average Bonchev–Trinajstić information content (AvgIpc) is 2.39. The minimum atomic E-state index is 0.727. The second-order valence-electron chi connectivity index (χ2n) is 5.97. The maximum atomic E-state index is 4.02. The van der Waals surface area contributed by atoms with E-state index in [0.717, 1.165) is 32.1 Å². The minimum absolute atomic E-state index is 0.727. The van der Waals surface area contributed by atoms with Gasteiger partial charge in [-0.15, -0.1) is 0 Å². The summed E-state index contributed by atoms with van der Waals surface area (Å²) in [7, 11) is 0. The normalized spacial score (nSPS) is 16.0. The maximum Gasteiger partial charge on any atom is 0.0367 e. The molecular formula is C17H26N2. The Morgan fingerprint density at radius 1 is 1.11 bits per heavy atom. The molecule has 0 bridgehead atoms. The van der Waals surface area contributed by atoms with Crippen molar-refractivity contribution in [3.8, 4) is 0 Å². The predicted molar refractivity (Wildman–Crippen MR) is 83.6 cm³/mol. The largest absolute Gasteiger partial charge is 0.372 e. The first-order valence-electron chi connectivity index (χ1n) is 7.30. The lowest BCUT2D eigenvalue weighted by Crippen LogP contribution is -2.45. The molecule has 2 nitrogen and oxygen atoms in total. The highest BCUT2D eigenvalue weighted by atomic mass is 15.3. The molecule has 104 valence electrons. The van der Waals surface area contributed by atoms with Crippen LogP contribution < -0.4 is 4.90 Å². The van der Waals surface area contributed by atoms with E-state index < -0.39 is 0 Å². The minimum Gasteiger partial charge on any atom is -0.372 e. The Morgan fingerprint density at radius 3 is 2.16 bits per heavy atom. The van der Waals surface area contributed by atoms with E-state index in [2.05, 4.69) is 61.4 Å². The van der Waals surface area contributed by atoms with E-state index in [0.29, 0.717) is 0 Å². The molecule has 1 aliphatic heterocycles. The van der Waals surface area contributed by atoms with E-state index in [1.54, 1.807) is 0 Å². The van der Waals surface area contributed by atoms with Gasteiger partial charge in [-0.3, -0.25) is 0 Å². The fourth-order valence-electron chi connectivity index (χ4n) is 2.66. The summed E-state index contributed by atoms with van der Waals surface area (Å²) in [6, 6.07) is 9.10. The second kappa shape index (κ2) is 6.14. The summed E-state index contributed by atoms with van der Waals surface area (Å²) < 4.78 is 0. The Kier molecular flexibility index (Phi) is 4.52. The highest BCUT2D eigenvalue weighted by molar-refractivity contribution is 5.48. The van der Waals surface area contributed by atoms with Gasteiger partial charge in [-0.2, -0.15) is 0 Å². The molecule has 2 heteroatoms. The second-order valence-corrected chi connectivity index (χ2v) is 5.97. The van der Waals surface area contributed by atoms with E-state index in [1.807, 2.05) is 0 Å². The number of piperazine rings is 1. The Bertz CT molecular complexity index is 411. The van der Waals surface area contributed by atoms with Crippen molar-refractivity contribution in [2.45, 2.75) is 27.2 Å². The summed E-state index contributed by atoms with van der Waals surface area (Å²) in [5.41, 5.74) is 3.99. The van der Waals surface area contributed by atoms with Crippen LogP contribution in [0.15, 0.2) is 36.5 Å². The molecule has 1 heterocycles. The van der Waals surface area contributed by atoms with Crippen LogP contribution in [0.1, 0.15) is 26.3 Å². The van der Waals surface area contributed by atoms with Gasteiger partial charge in [0.15, 0.2) is 0 Å². The Morgan fingerprint density at radius 2 is 1.68 bits per heavy atom. The lowest BCUT2D eigenvalue weighted by atomic mass is 10.0. The first-order valence-corrected chi connectivity index (χ1v) is 7.30. The number of nitrogens with zero attached hydrogens (tertiary/aromatic N) is 2. The van der Waals surface area contributed by atoms with E-state index in [-0.39, 0.29) is 0 Å². The smallest absolute Gasteiger partial charge is 0.0367 e. The summed E-state index contributed by atoms with van der Waals surface area (Å²) in [6.45, 7) is 15.0. The van der Waals surface area contributed by atoms with Crippen molar-refractivity contribution < 1.29 is 0 Å². The topological polar surface area (TPSA) is 6.48 Å². The van der Waals surface area contributed by atoms with Gasteiger partial charge >= 0.3 is 0 Å². The molecule has 0 unspecified atom stereocenters. The van der Waals surface area contributed by atoms with Crippen molar-refractivity contribution in [2.75, 3.05) is 31.1 Å². The van der Waals surface area contributed by atoms with Gasteiger partial charge in [0.2, 0.25) is 0 Å². The molecule has 0 saturated carbocycles. The molecule has 0 N–H and O–H groups in total. The van der Waals surface area contributed by atoms with Gasteiger partial charge in [-0.25, -0.2) is 0 Å². The lowest BCUT2D eigenvalue weighted by Gasteiger charge is -2.37. The number of anilines is 1. The summed E-state index contributed by atoms with van der Waals surface area (Å²) in [4.78, 5) is 4.84. The molecule has 1 saturated heterocycles. The zero-order valence-electron chi connectivity index (χ0n) is 12.5. The summed E-state index contributed by atoms with van der Waals surface area (Å²) in [5.74, 6) is 0.727. The van der Waals surface area contributed by atoms with Crippen LogP contribution in [0.5, 0.6) is 0 Å². The summed E-state index contributed by atoms with van der Waals surface area (Å²) >= 11 is 0. The number of allylic oxidation sites excluding steroid dienone is 1. The average molecular weight is 258 g/mol. The number of benzene rings is 1. The Hall–Kier alpha value is -1.44. The summed E-state index contributed by atoms with van der Waals surface area (Å²) in [5, 5.41) is 0. The molecule has 0 atom stereocenters. The zero-order chi connectivity index (χ0) is 13.8. The molecule has 1 aromatic carbocycles. The molecule has 19 heavy (non-hydrogen) atoms. The number of hydrogen-bond donors (Lipinski definition) is 0. The molecule has 0 amide bonds. The molecule has 0 radical (unpaired) electrons. The van der Waals surface area contributed by atoms with Crippen LogP contribution in [-0.2, 0) is 6.42 Å². The van der Waals surface area contributed by atoms with E-state index in [1.165, 1.54) is 23.4 Å². The molecule has 1 aromatic rings. The zero-order valence-corrected chi connectivity index (χ0v) is 12.5. The van der Waals surface area contributed by atoms with Crippen LogP contribution in [0.4, 0.5) is 5.69 Å². The number of hydrogen-bond acceptors (Lipinski definition) is 2. The molecule has 0 aliphatic carbocycles. The molecular weight excluding hydrogens is 232 g/mol. The SMILES string of the molecule is C=C(C)N1CCN(c2ccc(CC(C)C)cc2)CC1. The van der Waals surface area contributed by atoms with Crippen molar-refractivity contribution in [2.24, 2.45) is 5.92 Å². The third kappa shape index (κ3) is 3.76. The molecule has 0 aromatic heterocycles. The van der Waals surface area contributed by atoms with Crippen LogP contribution in [-0.4, -0.2) is 31.1 Å². The first kappa shape index (κ1) is 14.0. The van der Waals surface area contributed by atoms with Gasteiger partial charge < -0.3 is 9.80 Å². The predicted octanol–water partition coefficient (Wildman–Crippen LogP) is 3.54.